The van der Waals surface area contributed by atoms with Gasteiger partial charge in [0.25, 0.3) is 0 Å². The fraction of sp³-hybridized carbons (Fsp3) is 0.478. The van der Waals surface area contributed by atoms with Crippen molar-refractivity contribution in [2.45, 2.75) is 30.3 Å². The number of likely N-dealkylation sites (N-methyl/N-ethyl adjacent to an activating group) is 1. The Hall–Kier alpha value is -1.68. The Bertz CT molecular complexity index is 796. The average Bonchev–Trinajstić information content (AvgIpc) is 3.47. The molecule has 0 radical (unpaired) electrons. The Morgan fingerprint density at radius 1 is 0.808 bits per heavy atom. The Balaban J connectivity index is 1.54. The van der Waals surface area contributed by atoms with E-state index in [0.717, 1.165) is 38.3 Å². The maximum absolute atomic E-state index is 11.5. The van der Waals surface area contributed by atoms with Crippen LogP contribution in [0.25, 0.3) is 0 Å². The summed E-state index contributed by atoms with van der Waals surface area (Å²) in [5.74, 6) is 1.37. The summed E-state index contributed by atoms with van der Waals surface area (Å²) in [6.45, 7) is 5.36. The molecule has 2 fully saturated rings. The molecule has 2 aromatic rings. The fourth-order valence-corrected chi connectivity index (χ4v) is 5.08. The molecule has 3 aliphatic rings. The molecule has 1 N–H and O–H groups in total. The second-order valence-electron chi connectivity index (χ2n) is 8.36. The summed E-state index contributed by atoms with van der Waals surface area (Å²) in [5, 5.41) is 11.5. The van der Waals surface area contributed by atoms with Gasteiger partial charge in [0.2, 0.25) is 0 Å². The topological polar surface area (TPSA) is 26.7 Å². The molecule has 5 rings (SSSR count). The molecule has 1 saturated heterocycles. The first-order chi connectivity index (χ1) is 12.7. The first-order valence-electron chi connectivity index (χ1n) is 9.99. The lowest BCUT2D eigenvalue weighted by Gasteiger charge is -2.37. The predicted octanol–water partition coefficient (Wildman–Crippen LogP) is 3.34. The van der Waals surface area contributed by atoms with Gasteiger partial charge in [-0.15, -0.1) is 0 Å². The highest BCUT2D eigenvalue weighted by Crippen LogP contribution is 2.59. The first-order valence-corrected chi connectivity index (χ1v) is 9.99. The minimum atomic E-state index is -0.423. The van der Waals surface area contributed by atoms with Crippen LogP contribution in [-0.4, -0.2) is 54.7 Å². The molecular weight excluding hydrogens is 320 g/mol. The van der Waals surface area contributed by atoms with Gasteiger partial charge in [0.05, 0.1) is 6.10 Å². The molecular formula is C23H28N2O. The van der Waals surface area contributed by atoms with E-state index in [-0.39, 0.29) is 5.92 Å². The number of hydrogen-bond donors (Lipinski definition) is 1. The molecule has 3 nitrogen and oxygen atoms in total. The number of nitrogens with zero attached hydrogens (tertiary/aromatic N) is 2. The molecule has 0 bridgehead atoms. The van der Waals surface area contributed by atoms with Crippen LogP contribution < -0.4 is 0 Å². The van der Waals surface area contributed by atoms with E-state index in [0.29, 0.717) is 11.8 Å². The molecule has 1 saturated carbocycles. The fourth-order valence-electron chi connectivity index (χ4n) is 5.08. The van der Waals surface area contributed by atoms with Crippen LogP contribution in [0.15, 0.2) is 48.5 Å². The van der Waals surface area contributed by atoms with Crippen molar-refractivity contribution in [3.8, 4) is 0 Å². The molecule has 0 amide bonds. The van der Waals surface area contributed by atoms with Crippen LogP contribution in [0.5, 0.6) is 0 Å². The molecule has 136 valence electrons. The zero-order valence-corrected chi connectivity index (χ0v) is 15.5. The number of hydrogen-bond acceptors (Lipinski definition) is 3. The summed E-state index contributed by atoms with van der Waals surface area (Å²) in [5.41, 5.74) is 5.39. The number of aliphatic hydroxyl groups excluding tert-OH is 1. The van der Waals surface area contributed by atoms with Crippen molar-refractivity contribution in [3.63, 3.8) is 0 Å². The van der Waals surface area contributed by atoms with Gasteiger partial charge in [-0.3, -0.25) is 0 Å². The van der Waals surface area contributed by atoms with Gasteiger partial charge in [0, 0.05) is 38.6 Å². The Kier molecular flexibility index (Phi) is 4.11. The lowest BCUT2D eigenvalue weighted by Crippen LogP contribution is -2.46. The zero-order valence-electron chi connectivity index (χ0n) is 15.5. The molecule has 3 heteroatoms. The SMILES string of the molecule is CN1CCN(CC2c3ccccc3C3CC3c3ccccc3C2O)CC1. The summed E-state index contributed by atoms with van der Waals surface area (Å²) < 4.78 is 0. The predicted molar refractivity (Wildman–Crippen MR) is 105 cm³/mol. The summed E-state index contributed by atoms with van der Waals surface area (Å²) in [6, 6.07) is 17.5. The van der Waals surface area contributed by atoms with E-state index < -0.39 is 6.10 Å². The third-order valence-corrected chi connectivity index (χ3v) is 6.73. The second kappa shape index (κ2) is 6.49. The molecule has 4 unspecified atom stereocenters. The normalized spacial score (nSPS) is 31.3. The van der Waals surface area contributed by atoms with E-state index in [1.54, 1.807) is 0 Å². The summed E-state index contributed by atoms with van der Waals surface area (Å²) >= 11 is 0. The van der Waals surface area contributed by atoms with Gasteiger partial charge in [-0.25, -0.2) is 0 Å². The molecule has 26 heavy (non-hydrogen) atoms. The number of piperazine rings is 1. The number of rotatable bonds is 2. The molecule has 1 aliphatic heterocycles. The average molecular weight is 348 g/mol. The first kappa shape index (κ1) is 16.5. The van der Waals surface area contributed by atoms with Crippen molar-refractivity contribution in [3.05, 3.63) is 70.8 Å². The summed E-state index contributed by atoms with van der Waals surface area (Å²) in [4.78, 5) is 4.93. The monoisotopic (exact) mass is 348 g/mol. The summed E-state index contributed by atoms with van der Waals surface area (Å²) in [6.07, 6.45) is 0.802. The van der Waals surface area contributed by atoms with Gasteiger partial charge < -0.3 is 14.9 Å². The van der Waals surface area contributed by atoms with Gasteiger partial charge >= 0.3 is 0 Å². The zero-order chi connectivity index (χ0) is 17.7. The molecule has 4 atom stereocenters. The quantitative estimate of drug-likeness (QED) is 0.902. The van der Waals surface area contributed by atoms with E-state index in [2.05, 4.69) is 65.4 Å². The van der Waals surface area contributed by atoms with Crippen LogP contribution in [-0.2, 0) is 0 Å². The third-order valence-electron chi connectivity index (χ3n) is 6.73. The molecule has 2 aromatic carbocycles. The van der Waals surface area contributed by atoms with Crippen LogP contribution in [0.4, 0.5) is 0 Å². The van der Waals surface area contributed by atoms with E-state index in [9.17, 15) is 5.11 Å². The van der Waals surface area contributed by atoms with Gasteiger partial charge in [0.15, 0.2) is 0 Å². The van der Waals surface area contributed by atoms with E-state index in [4.69, 9.17) is 0 Å². The second-order valence-corrected chi connectivity index (χ2v) is 8.36. The van der Waals surface area contributed by atoms with Crippen molar-refractivity contribution in [2.24, 2.45) is 0 Å². The van der Waals surface area contributed by atoms with Crippen LogP contribution in [0.3, 0.4) is 0 Å². The number of fused-ring (bicyclic) bond motifs is 5. The Morgan fingerprint density at radius 3 is 2.00 bits per heavy atom. The van der Waals surface area contributed by atoms with Crippen molar-refractivity contribution in [1.82, 2.24) is 9.80 Å². The van der Waals surface area contributed by atoms with Crippen molar-refractivity contribution < 1.29 is 5.11 Å². The summed E-state index contributed by atoms with van der Waals surface area (Å²) in [7, 11) is 2.20. The van der Waals surface area contributed by atoms with Gasteiger partial charge in [-0.05, 0) is 47.6 Å². The van der Waals surface area contributed by atoms with Crippen LogP contribution >= 0.6 is 0 Å². The number of aliphatic hydroxyl groups is 1. The van der Waals surface area contributed by atoms with Crippen molar-refractivity contribution in [1.29, 1.82) is 0 Å². The number of benzene rings is 2. The lowest BCUT2D eigenvalue weighted by molar-refractivity contribution is 0.0919. The highest BCUT2D eigenvalue weighted by atomic mass is 16.3. The highest BCUT2D eigenvalue weighted by Gasteiger charge is 2.45. The lowest BCUT2D eigenvalue weighted by atomic mass is 9.80. The van der Waals surface area contributed by atoms with Gasteiger partial charge in [-0.1, -0.05) is 48.5 Å². The van der Waals surface area contributed by atoms with E-state index >= 15 is 0 Å². The van der Waals surface area contributed by atoms with Crippen molar-refractivity contribution in [2.75, 3.05) is 39.8 Å². The molecule has 0 spiro atoms. The smallest absolute Gasteiger partial charge is 0.0873 e. The van der Waals surface area contributed by atoms with Crippen molar-refractivity contribution >= 4 is 0 Å². The Labute approximate surface area is 156 Å². The van der Waals surface area contributed by atoms with Gasteiger partial charge in [0.1, 0.15) is 0 Å². The molecule has 0 aromatic heterocycles. The minimum Gasteiger partial charge on any atom is -0.388 e. The van der Waals surface area contributed by atoms with Crippen LogP contribution in [0.2, 0.25) is 0 Å². The van der Waals surface area contributed by atoms with Crippen LogP contribution in [0.1, 0.15) is 52.5 Å². The maximum atomic E-state index is 11.5. The third kappa shape index (κ3) is 2.79. The molecule has 1 heterocycles. The van der Waals surface area contributed by atoms with E-state index in [1.165, 1.54) is 23.1 Å². The van der Waals surface area contributed by atoms with E-state index in [1.807, 2.05) is 0 Å². The standard InChI is InChI=1S/C23H28N2O/c1-24-10-12-25(13-11-24)15-22-17-7-3-2-6-16(17)20-14-21(20)18-8-4-5-9-19(18)23(22)26/h2-9,20-23,26H,10-15H2,1H3. The molecule has 2 aliphatic carbocycles. The largest absolute Gasteiger partial charge is 0.388 e. The Morgan fingerprint density at radius 2 is 1.35 bits per heavy atom. The van der Waals surface area contributed by atoms with Crippen LogP contribution in [0, 0.1) is 0 Å². The van der Waals surface area contributed by atoms with Gasteiger partial charge in [-0.2, -0.15) is 0 Å². The minimum absolute atomic E-state index is 0.150. The highest BCUT2D eigenvalue weighted by molar-refractivity contribution is 5.49. The maximum Gasteiger partial charge on any atom is 0.0873 e.